The molecular formula is C18H19NO. The molecule has 0 aromatic heterocycles. The second kappa shape index (κ2) is 8.10. The van der Waals surface area contributed by atoms with Gasteiger partial charge in [-0.3, -0.25) is 0 Å². The van der Waals surface area contributed by atoms with Crippen molar-refractivity contribution in [2.45, 2.75) is 0 Å². The molecule has 0 aliphatic carbocycles. The Morgan fingerprint density at radius 1 is 0.700 bits per heavy atom. The zero-order chi connectivity index (χ0) is 14.0. The second-order valence-electron chi connectivity index (χ2n) is 4.50. The monoisotopic (exact) mass is 265 g/mol. The van der Waals surface area contributed by atoms with Crippen molar-refractivity contribution in [2.24, 2.45) is 0 Å². The highest BCUT2D eigenvalue weighted by Crippen LogP contribution is 2.02. The Kier molecular flexibility index (Phi) is 5.77. The molecule has 0 radical (unpaired) electrons. The highest BCUT2D eigenvalue weighted by molar-refractivity contribution is 5.49. The molecule has 0 bridgehead atoms. The maximum absolute atomic E-state index is 9.74. The van der Waals surface area contributed by atoms with E-state index >= 15 is 0 Å². The van der Waals surface area contributed by atoms with Gasteiger partial charge in [-0.25, -0.2) is 0 Å². The van der Waals surface area contributed by atoms with Gasteiger partial charge in [0.2, 0.25) is 0 Å². The highest BCUT2D eigenvalue weighted by Gasteiger charge is 1.93. The van der Waals surface area contributed by atoms with Crippen molar-refractivity contribution in [1.82, 2.24) is 5.06 Å². The molecule has 0 heterocycles. The van der Waals surface area contributed by atoms with Gasteiger partial charge in [-0.2, -0.15) is 5.06 Å². The quantitative estimate of drug-likeness (QED) is 0.795. The molecule has 102 valence electrons. The molecule has 0 unspecified atom stereocenters. The Balaban J connectivity index is 1.74. The molecule has 0 saturated carbocycles. The number of hydroxylamine groups is 2. The summed E-state index contributed by atoms with van der Waals surface area (Å²) in [6.45, 7) is 1.02. The molecule has 0 fully saturated rings. The van der Waals surface area contributed by atoms with Crippen molar-refractivity contribution >= 4 is 12.2 Å². The van der Waals surface area contributed by atoms with E-state index in [9.17, 15) is 5.21 Å². The zero-order valence-electron chi connectivity index (χ0n) is 11.4. The number of hydrogen-bond acceptors (Lipinski definition) is 2. The zero-order valence-corrected chi connectivity index (χ0v) is 11.4. The summed E-state index contributed by atoms with van der Waals surface area (Å²) >= 11 is 0. The van der Waals surface area contributed by atoms with Crippen molar-refractivity contribution in [1.29, 1.82) is 0 Å². The van der Waals surface area contributed by atoms with Crippen LogP contribution in [-0.2, 0) is 0 Å². The van der Waals surface area contributed by atoms with Crippen molar-refractivity contribution in [2.75, 3.05) is 13.1 Å². The number of rotatable bonds is 6. The summed E-state index contributed by atoms with van der Waals surface area (Å²) in [5.41, 5.74) is 2.28. The fourth-order valence-electron chi connectivity index (χ4n) is 1.82. The SMILES string of the molecule is ON(CC=Cc1ccccc1)CC=Cc1ccccc1. The van der Waals surface area contributed by atoms with Crippen molar-refractivity contribution in [3.8, 4) is 0 Å². The molecule has 2 heteroatoms. The van der Waals surface area contributed by atoms with E-state index in [-0.39, 0.29) is 0 Å². The van der Waals surface area contributed by atoms with Crippen LogP contribution in [0.4, 0.5) is 0 Å². The summed E-state index contributed by atoms with van der Waals surface area (Å²) in [5, 5.41) is 11.0. The normalized spacial score (nSPS) is 11.7. The molecule has 0 atom stereocenters. The predicted octanol–water partition coefficient (Wildman–Crippen LogP) is 4.10. The van der Waals surface area contributed by atoms with Crippen molar-refractivity contribution in [3.63, 3.8) is 0 Å². The molecule has 0 amide bonds. The summed E-state index contributed by atoms with van der Waals surface area (Å²) in [4.78, 5) is 0. The summed E-state index contributed by atoms with van der Waals surface area (Å²) in [5.74, 6) is 0. The Labute approximate surface area is 120 Å². The first-order valence-corrected chi connectivity index (χ1v) is 6.71. The maximum Gasteiger partial charge on any atom is 0.0425 e. The van der Waals surface area contributed by atoms with Crippen LogP contribution in [0.25, 0.3) is 12.2 Å². The van der Waals surface area contributed by atoms with Gasteiger partial charge in [0.1, 0.15) is 0 Å². The predicted molar refractivity (Wildman–Crippen MR) is 84.3 cm³/mol. The first-order chi connectivity index (χ1) is 9.84. The molecule has 2 nitrogen and oxygen atoms in total. The van der Waals surface area contributed by atoms with Crippen LogP contribution in [0.3, 0.4) is 0 Å². The summed E-state index contributed by atoms with van der Waals surface area (Å²) in [7, 11) is 0. The topological polar surface area (TPSA) is 23.5 Å². The molecule has 0 aliphatic heterocycles. The molecule has 2 aromatic rings. The first-order valence-electron chi connectivity index (χ1n) is 6.71. The van der Waals surface area contributed by atoms with Crippen LogP contribution in [0.2, 0.25) is 0 Å². The minimum Gasteiger partial charge on any atom is -0.313 e. The first kappa shape index (κ1) is 14.3. The molecule has 2 rings (SSSR count). The average molecular weight is 265 g/mol. The number of nitrogens with zero attached hydrogens (tertiary/aromatic N) is 1. The highest BCUT2D eigenvalue weighted by atomic mass is 16.5. The van der Waals surface area contributed by atoms with Gasteiger partial charge in [0.25, 0.3) is 0 Å². The van der Waals surface area contributed by atoms with E-state index in [1.54, 1.807) is 0 Å². The summed E-state index contributed by atoms with van der Waals surface area (Å²) < 4.78 is 0. The Hall–Kier alpha value is -2.16. The lowest BCUT2D eigenvalue weighted by atomic mass is 10.2. The lowest BCUT2D eigenvalue weighted by molar-refractivity contribution is -0.0689. The fourth-order valence-corrected chi connectivity index (χ4v) is 1.82. The van der Waals surface area contributed by atoms with Gasteiger partial charge in [-0.1, -0.05) is 85.0 Å². The van der Waals surface area contributed by atoms with Gasteiger partial charge in [-0.15, -0.1) is 0 Å². The lowest BCUT2D eigenvalue weighted by Crippen LogP contribution is -2.18. The van der Waals surface area contributed by atoms with Crippen LogP contribution < -0.4 is 0 Å². The van der Waals surface area contributed by atoms with Gasteiger partial charge < -0.3 is 5.21 Å². The van der Waals surface area contributed by atoms with Crippen LogP contribution >= 0.6 is 0 Å². The minimum atomic E-state index is 0.508. The fraction of sp³-hybridized carbons (Fsp3) is 0.111. The van der Waals surface area contributed by atoms with Gasteiger partial charge in [0.15, 0.2) is 0 Å². The van der Waals surface area contributed by atoms with E-state index in [1.165, 1.54) is 5.06 Å². The van der Waals surface area contributed by atoms with Crippen molar-refractivity contribution in [3.05, 3.63) is 83.9 Å². The smallest absolute Gasteiger partial charge is 0.0425 e. The molecule has 0 saturated heterocycles. The van der Waals surface area contributed by atoms with E-state index in [1.807, 2.05) is 85.0 Å². The van der Waals surface area contributed by atoms with Crippen LogP contribution in [0.15, 0.2) is 72.8 Å². The standard InChI is InChI=1S/C18H19NO/c20-19(15-7-13-17-9-3-1-4-10-17)16-8-14-18-11-5-2-6-12-18/h1-14,20H,15-16H2. The van der Waals surface area contributed by atoms with Crippen molar-refractivity contribution < 1.29 is 5.21 Å². The van der Waals surface area contributed by atoms with Gasteiger partial charge in [0.05, 0.1) is 0 Å². The van der Waals surface area contributed by atoms with E-state index in [0.29, 0.717) is 13.1 Å². The number of hydrogen-bond donors (Lipinski definition) is 1. The van der Waals surface area contributed by atoms with Crippen LogP contribution in [0, 0.1) is 0 Å². The summed E-state index contributed by atoms with van der Waals surface area (Å²) in [6, 6.07) is 20.1. The molecule has 2 aromatic carbocycles. The minimum absolute atomic E-state index is 0.508. The summed E-state index contributed by atoms with van der Waals surface area (Å²) in [6.07, 6.45) is 7.91. The molecule has 0 aliphatic rings. The Bertz CT molecular complexity index is 495. The van der Waals surface area contributed by atoms with Gasteiger partial charge in [0, 0.05) is 13.1 Å². The molecule has 20 heavy (non-hydrogen) atoms. The molecule has 1 N–H and O–H groups in total. The lowest BCUT2D eigenvalue weighted by Gasteiger charge is -2.08. The number of benzene rings is 2. The molecule has 0 spiro atoms. The third-order valence-electron chi connectivity index (χ3n) is 2.85. The Morgan fingerprint density at radius 2 is 1.10 bits per heavy atom. The molecular weight excluding hydrogens is 246 g/mol. The van der Waals surface area contributed by atoms with E-state index < -0.39 is 0 Å². The van der Waals surface area contributed by atoms with E-state index in [4.69, 9.17) is 0 Å². The van der Waals surface area contributed by atoms with Crippen LogP contribution in [0.1, 0.15) is 11.1 Å². The average Bonchev–Trinajstić information content (AvgIpc) is 2.49. The van der Waals surface area contributed by atoms with E-state index in [2.05, 4.69) is 0 Å². The van der Waals surface area contributed by atoms with E-state index in [0.717, 1.165) is 11.1 Å². The van der Waals surface area contributed by atoms with Crippen LogP contribution in [-0.4, -0.2) is 23.4 Å². The van der Waals surface area contributed by atoms with Gasteiger partial charge >= 0.3 is 0 Å². The van der Waals surface area contributed by atoms with Crippen LogP contribution in [0.5, 0.6) is 0 Å². The largest absolute Gasteiger partial charge is 0.313 e. The van der Waals surface area contributed by atoms with Gasteiger partial charge in [-0.05, 0) is 11.1 Å². The maximum atomic E-state index is 9.74. The second-order valence-corrected chi connectivity index (χ2v) is 4.50. The Morgan fingerprint density at radius 3 is 1.50 bits per heavy atom. The third kappa shape index (κ3) is 5.22. The third-order valence-corrected chi connectivity index (χ3v) is 2.85.